The number of carbonyl (C=O) groups excluding carboxylic acids is 3. The maximum absolute atomic E-state index is 12.7. The highest BCUT2D eigenvalue weighted by Gasteiger charge is 2.50. The van der Waals surface area contributed by atoms with Gasteiger partial charge in [0.1, 0.15) is 6.29 Å². The maximum Gasteiger partial charge on any atom is 0.311 e. The Morgan fingerprint density at radius 1 is 1.16 bits per heavy atom. The minimum absolute atomic E-state index is 0.0447. The Labute approximate surface area is 226 Å². The largest absolute Gasteiger partial charge is 0.469 e. The van der Waals surface area contributed by atoms with Crippen molar-refractivity contribution >= 4 is 18.2 Å². The molecule has 3 N–H and O–H groups in total. The summed E-state index contributed by atoms with van der Waals surface area (Å²) in [4.78, 5) is 35.2. The van der Waals surface area contributed by atoms with E-state index in [1.165, 1.54) is 7.11 Å². The number of hydrogen-bond acceptors (Lipinski definition) is 8. The molecule has 0 saturated heterocycles. The van der Waals surface area contributed by atoms with Crippen LogP contribution in [0.4, 0.5) is 0 Å². The van der Waals surface area contributed by atoms with Crippen LogP contribution >= 0.6 is 0 Å². The van der Waals surface area contributed by atoms with Crippen LogP contribution in [0.25, 0.3) is 0 Å². The molecule has 2 aliphatic rings. The van der Waals surface area contributed by atoms with E-state index in [1.54, 1.807) is 19.1 Å². The second kappa shape index (κ2) is 14.7. The van der Waals surface area contributed by atoms with Crippen LogP contribution in [0.2, 0.25) is 0 Å². The minimum atomic E-state index is -2.00. The lowest BCUT2D eigenvalue weighted by Gasteiger charge is -2.40. The first kappa shape index (κ1) is 30.2. The van der Waals surface area contributed by atoms with Gasteiger partial charge in [0.2, 0.25) is 5.91 Å². The fraction of sp³-hybridized carbons (Fsp3) is 0.690. The molecule has 9 heteroatoms. The number of aldehydes is 1. The van der Waals surface area contributed by atoms with Crippen LogP contribution in [0, 0.1) is 17.8 Å². The molecule has 0 aromatic heterocycles. The van der Waals surface area contributed by atoms with Crippen molar-refractivity contribution in [3.63, 3.8) is 0 Å². The molecule has 1 aromatic rings. The predicted molar refractivity (Wildman–Crippen MR) is 142 cm³/mol. The summed E-state index contributed by atoms with van der Waals surface area (Å²) >= 11 is 0. The molecule has 38 heavy (non-hydrogen) atoms. The van der Waals surface area contributed by atoms with Gasteiger partial charge in [0.15, 0.2) is 0 Å². The number of likely N-dealkylation sites (N-methyl/N-ethyl adjacent to an activating group) is 1. The van der Waals surface area contributed by atoms with Crippen LogP contribution in [-0.4, -0.2) is 62.2 Å². The molecule has 1 aromatic carbocycles. The quantitative estimate of drug-likeness (QED) is 0.129. The van der Waals surface area contributed by atoms with E-state index in [2.05, 4.69) is 10.6 Å². The molecule has 2 fully saturated rings. The molecule has 9 nitrogen and oxygen atoms in total. The van der Waals surface area contributed by atoms with Gasteiger partial charge in [-0.25, -0.2) is 0 Å². The third kappa shape index (κ3) is 8.33. The van der Waals surface area contributed by atoms with Gasteiger partial charge in [-0.1, -0.05) is 49.6 Å². The normalized spacial score (nSPS) is 25.7. The zero-order valence-corrected chi connectivity index (χ0v) is 22.9. The number of amides is 1. The van der Waals surface area contributed by atoms with Crippen LogP contribution in [0.3, 0.4) is 0 Å². The zero-order chi connectivity index (χ0) is 27.5. The molecule has 2 bridgehead atoms. The number of esters is 1. The van der Waals surface area contributed by atoms with Crippen molar-refractivity contribution in [3.05, 3.63) is 35.9 Å². The number of rotatable bonds is 16. The number of methoxy groups -OCH3 is 1. The predicted octanol–water partition coefficient (Wildman–Crippen LogP) is 3.04. The standard InChI is InChI=1S/C29H44N2O7/c1-20(18-32)31-26(33)13-9-5-8-12-24(30-2)19-37-29(35,23-10-6-4-7-11-23)38-25-17-21-14-15-22(16-21)27(25)28(34)36-3/h4,6-7,10-11,18,20-22,24-25,27,30,35H,5,8-9,12-17,19H2,1-3H3,(H,31,33). The lowest BCUT2D eigenvalue weighted by molar-refractivity contribution is -0.395. The van der Waals surface area contributed by atoms with Gasteiger partial charge in [-0.3, -0.25) is 9.59 Å². The van der Waals surface area contributed by atoms with Crippen molar-refractivity contribution in [2.24, 2.45) is 17.8 Å². The first-order valence-corrected chi connectivity index (χ1v) is 13.9. The number of ether oxygens (including phenoxy) is 3. The smallest absolute Gasteiger partial charge is 0.311 e. The number of hydrogen-bond donors (Lipinski definition) is 3. The second-order valence-electron chi connectivity index (χ2n) is 10.7. The highest BCUT2D eigenvalue weighted by molar-refractivity contribution is 5.79. The zero-order valence-electron chi connectivity index (χ0n) is 22.9. The molecule has 0 spiro atoms. The van der Waals surface area contributed by atoms with Crippen LogP contribution < -0.4 is 10.6 Å². The van der Waals surface area contributed by atoms with Gasteiger partial charge in [0.05, 0.1) is 31.8 Å². The van der Waals surface area contributed by atoms with E-state index in [9.17, 15) is 19.5 Å². The molecule has 212 valence electrons. The first-order chi connectivity index (χ1) is 18.3. The Hall–Kier alpha value is -2.33. The van der Waals surface area contributed by atoms with Gasteiger partial charge in [-0.05, 0) is 57.9 Å². The number of benzene rings is 1. The average molecular weight is 533 g/mol. The summed E-state index contributed by atoms with van der Waals surface area (Å²) in [6, 6.07) is 8.50. The fourth-order valence-electron chi connectivity index (χ4n) is 5.81. The fourth-order valence-corrected chi connectivity index (χ4v) is 5.81. The van der Waals surface area contributed by atoms with E-state index in [0.717, 1.165) is 44.9 Å². The van der Waals surface area contributed by atoms with Crippen LogP contribution in [-0.2, 0) is 34.6 Å². The molecule has 7 atom stereocenters. The molecular formula is C29H44N2O7. The summed E-state index contributed by atoms with van der Waals surface area (Å²) in [7, 11) is 3.24. The van der Waals surface area contributed by atoms with Gasteiger partial charge in [0, 0.05) is 18.0 Å². The average Bonchev–Trinajstić information content (AvgIpc) is 3.31. The van der Waals surface area contributed by atoms with Crippen molar-refractivity contribution in [1.29, 1.82) is 0 Å². The van der Waals surface area contributed by atoms with Gasteiger partial charge in [-0.15, -0.1) is 0 Å². The van der Waals surface area contributed by atoms with Crippen molar-refractivity contribution in [2.75, 3.05) is 20.8 Å². The van der Waals surface area contributed by atoms with E-state index >= 15 is 0 Å². The van der Waals surface area contributed by atoms with E-state index in [4.69, 9.17) is 14.2 Å². The van der Waals surface area contributed by atoms with Crippen molar-refractivity contribution in [2.45, 2.75) is 88.9 Å². The van der Waals surface area contributed by atoms with Crippen molar-refractivity contribution in [1.82, 2.24) is 10.6 Å². The Kier molecular flexibility index (Phi) is 11.7. The third-order valence-corrected chi connectivity index (χ3v) is 7.92. The second-order valence-corrected chi connectivity index (χ2v) is 10.7. The minimum Gasteiger partial charge on any atom is -0.469 e. The third-order valence-electron chi connectivity index (χ3n) is 7.92. The summed E-state index contributed by atoms with van der Waals surface area (Å²) in [5.74, 6) is -2.18. The maximum atomic E-state index is 12.7. The molecule has 2 saturated carbocycles. The number of aliphatic hydroxyl groups is 1. The molecule has 7 unspecified atom stereocenters. The molecule has 0 heterocycles. The summed E-state index contributed by atoms with van der Waals surface area (Å²) in [6.07, 6.45) is 7.52. The van der Waals surface area contributed by atoms with E-state index in [1.807, 2.05) is 25.2 Å². The van der Waals surface area contributed by atoms with Crippen LogP contribution in [0.5, 0.6) is 0 Å². The Bertz CT molecular complexity index is 898. The highest BCUT2D eigenvalue weighted by Crippen LogP contribution is 2.48. The van der Waals surface area contributed by atoms with Crippen LogP contribution in [0.15, 0.2) is 30.3 Å². The number of carbonyl (C=O) groups is 3. The number of fused-ring (bicyclic) bond motifs is 2. The molecule has 0 radical (unpaired) electrons. The van der Waals surface area contributed by atoms with E-state index in [-0.39, 0.29) is 30.4 Å². The van der Waals surface area contributed by atoms with Crippen molar-refractivity contribution < 1.29 is 33.7 Å². The summed E-state index contributed by atoms with van der Waals surface area (Å²) in [6.45, 7) is 1.85. The topological polar surface area (TPSA) is 123 Å². The van der Waals surface area contributed by atoms with E-state index < -0.39 is 24.0 Å². The van der Waals surface area contributed by atoms with Crippen molar-refractivity contribution in [3.8, 4) is 0 Å². The summed E-state index contributed by atoms with van der Waals surface area (Å²) in [5, 5.41) is 17.6. The SMILES string of the molecule is CNC(CCCCCC(=O)NC(C)C=O)COC(O)(OC1CC2CCC(C2)C1C(=O)OC)c1ccccc1. The molecule has 0 aliphatic heterocycles. The van der Waals surface area contributed by atoms with Gasteiger partial charge < -0.3 is 34.7 Å². The molecular weight excluding hydrogens is 488 g/mol. The number of unbranched alkanes of at least 4 members (excludes halogenated alkanes) is 2. The Morgan fingerprint density at radius 3 is 2.61 bits per heavy atom. The lowest BCUT2D eigenvalue weighted by Crippen LogP contribution is -2.47. The lowest BCUT2D eigenvalue weighted by atomic mass is 9.77. The van der Waals surface area contributed by atoms with Gasteiger partial charge in [0.25, 0.3) is 0 Å². The summed E-state index contributed by atoms with van der Waals surface area (Å²) in [5.41, 5.74) is 0.479. The monoisotopic (exact) mass is 532 g/mol. The van der Waals surface area contributed by atoms with Gasteiger partial charge >= 0.3 is 11.9 Å². The van der Waals surface area contributed by atoms with E-state index in [0.29, 0.717) is 30.6 Å². The highest BCUT2D eigenvalue weighted by atomic mass is 16.8. The molecule has 2 aliphatic carbocycles. The first-order valence-electron chi connectivity index (χ1n) is 13.9. The molecule has 3 rings (SSSR count). The van der Waals surface area contributed by atoms with Gasteiger partial charge in [-0.2, -0.15) is 0 Å². The summed E-state index contributed by atoms with van der Waals surface area (Å²) < 4.78 is 17.5. The Morgan fingerprint density at radius 2 is 1.92 bits per heavy atom. The van der Waals surface area contributed by atoms with Crippen LogP contribution in [0.1, 0.15) is 70.3 Å². The number of nitrogens with one attached hydrogen (secondary N) is 2. The Balaban J connectivity index is 1.58. The molecule has 1 amide bonds.